The third kappa shape index (κ3) is 4.88. The van der Waals surface area contributed by atoms with Crippen LogP contribution in [0.25, 0.3) is 0 Å². The molecule has 1 fully saturated rings. The molecule has 2 aliphatic heterocycles. The largest absolute Gasteiger partial charge is 0.486 e. The van der Waals surface area contributed by atoms with Crippen LogP contribution in [0.2, 0.25) is 0 Å². The number of nitrogens with zero attached hydrogens (tertiary/aromatic N) is 1. The van der Waals surface area contributed by atoms with Gasteiger partial charge < -0.3 is 14.8 Å². The fourth-order valence-corrected chi connectivity index (χ4v) is 3.48. The van der Waals surface area contributed by atoms with E-state index in [0.717, 1.165) is 43.9 Å². The second-order valence-electron chi connectivity index (χ2n) is 8.19. The number of amides is 1. The maximum Gasteiger partial charge on any atom is 0.234 e. The van der Waals surface area contributed by atoms with Gasteiger partial charge in [-0.2, -0.15) is 0 Å². The third-order valence-electron chi connectivity index (χ3n) is 4.86. The summed E-state index contributed by atoms with van der Waals surface area (Å²) in [5.41, 5.74) is 1.46. The Kier molecular flexibility index (Phi) is 5.52. The van der Waals surface area contributed by atoms with E-state index in [-0.39, 0.29) is 17.4 Å². The Labute approximate surface area is 150 Å². The fraction of sp³-hybridized carbons (Fsp3) is 0.650. The van der Waals surface area contributed by atoms with Crippen molar-refractivity contribution >= 4 is 5.91 Å². The highest BCUT2D eigenvalue weighted by atomic mass is 16.6. The van der Waals surface area contributed by atoms with E-state index in [1.54, 1.807) is 0 Å². The highest BCUT2D eigenvalue weighted by molar-refractivity contribution is 5.78. The molecule has 1 N–H and O–H groups in total. The molecule has 138 valence electrons. The van der Waals surface area contributed by atoms with E-state index in [1.165, 1.54) is 5.56 Å². The molecule has 1 atom stereocenters. The number of hydrogen-bond donors (Lipinski definition) is 1. The Morgan fingerprint density at radius 2 is 2.00 bits per heavy atom. The van der Waals surface area contributed by atoms with Crippen molar-refractivity contribution in [3.63, 3.8) is 0 Å². The number of ether oxygens (including phenoxy) is 2. The second kappa shape index (κ2) is 7.65. The quantitative estimate of drug-likeness (QED) is 0.890. The maximum atomic E-state index is 12.3. The molecule has 2 heterocycles. The Morgan fingerprint density at radius 3 is 2.76 bits per heavy atom. The van der Waals surface area contributed by atoms with Gasteiger partial charge in [-0.1, -0.05) is 26.8 Å². The molecular formula is C20H30N2O3. The lowest BCUT2D eigenvalue weighted by molar-refractivity contribution is -0.122. The van der Waals surface area contributed by atoms with Crippen molar-refractivity contribution in [2.45, 2.75) is 46.1 Å². The van der Waals surface area contributed by atoms with Crippen molar-refractivity contribution in [3.05, 3.63) is 23.8 Å². The number of benzene rings is 1. The number of nitrogens with one attached hydrogen (secondary N) is 1. The molecule has 0 saturated carbocycles. The van der Waals surface area contributed by atoms with Crippen LogP contribution < -0.4 is 14.8 Å². The Bertz CT molecular complexity index is 609. The minimum absolute atomic E-state index is 0.119. The van der Waals surface area contributed by atoms with Crippen LogP contribution in [0.4, 0.5) is 0 Å². The second-order valence-corrected chi connectivity index (χ2v) is 8.19. The van der Waals surface area contributed by atoms with Gasteiger partial charge in [0.05, 0.1) is 6.54 Å². The molecule has 0 aliphatic carbocycles. The van der Waals surface area contributed by atoms with Crippen LogP contribution in [0, 0.1) is 5.41 Å². The predicted molar refractivity (Wildman–Crippen MR) is 98.1 cm³/mol. The van der Waals surface area contributed by atoms with E-state index in [2.05, 4.69) is 43.1 Å². The fourth-order valence-electron chi connectivity index (χ4n) is 3.48. The molecule has 2 aliphatic rings. The highest BCUT2D eigenvalue weighted by Gasteiger charge is 2.28. The van der Waals surface area contributed by atoms with Crippen molar-refractivity contribution in [2.75, 3.05) is 32.8 Å². The molecule has 5 nitrogen and oxygen atoms in total. The first-order valence-corrected chi connectivity index (χ1v) is 9.33. The van der Waals surface area contributed by atoms with Gasteiger partial charge in [-0.05, 0) is 48.9 Å². The summed E-state index contributed by atoms with van der Waals surface area (Å²) in [5.74, 6) is 1.76. The number of carbonyl (C=O) groups is 1. The normalized spacial score (nSPS) is 20.5. The zero-order valence-electron chi connectivity index (χ0n) is 15.6. The van der Waals surface area contributed by atoms with Crippen LogP contribution in [0.15, 0.2) is 18.2 Å². The molecule has 3 rings (SSSR count). The first-order valence-electron chi connectivity index (χ1n) is 9.33. The van der Waals surface area contributed by atoms with Gasteiger partial charge in [0.15, 0.2) is 11.5 Å². The first-order chi connectivity index (χ1) is 11.9. The van der Waals surface area contributed by atoms with Gasteiger partial charge >= 0.3 is 0 Å². The lowest BCUT2D eigenvalue weighted by Crippen LogP contribution is -2.38. The van der Waals surface area contributed by atoms with Crippen molar-refractivity contribution in [3.8, 4) is 11.5 Å². The molecule has 1 aromatic carbocycles. The summed E-state index contributed by atoms with van der Waals surface area (Å²) in [6.45, 7) is 9.95. The van der Waals surface area contributed by atoms with E-state index >= 15 is 0 Å². The third-order valence-corrected chi connectivity index (χ3v) is 4.86. The summed E-state index contributed by atoms with van der Waals surface area (Å²) in [7, 11) is 0. The minimum atomic E-state index is 0.119. The van der Waals surface area contributed by atoms with Gasteiger partial charge in [-0.3, -0.25) is 9.69 Å². The van der Waals surface area contributed by atoms with Gasteiger partial charge in [0.2, 0.25) is 5.91 Å². The number of likely N-dealkylation sites (tertiary alicyclic amines) is 1. The number of rotatable bonds is 5. The maximum absolute atomic E-state index is 12.3. The van der Waals surface area contributed by atoms with Crippen molar-refractivity contribution in [1.29, 1.82) is 0 Å². The van der Waals surface area contributed by atoms with Crippen LogP contribution in [-0.4, -0.2) is 43.7 Å². The molecule has 25 heavy (non-hydrogen) atoms. The van der Waals surface area contributed by atoms with Crippen molar-refractivity contribution in [2.24, 2.45) is 5.41 Å². The minimum Gasteiger partial charge on any atom is -0.486 e. The monoisotopic (exact) mass is 346 g/mol. The Morgan fingerprint density at radius 1 is 1.24 bits per heavy atom. The molecule has 1 saturated heterocycles. The van der Waals surface area contributed by atoms with E-state index in [9.17, 15) is 4.79 Å². The Hall–Kier alpha value is -1.75. The van der Waals surface area contributed by atoms with E-state index in [0.29, 0.717) is 19.8 Å². The van der Waals surface area contributed by atoms with Crippen LogP contribution in [0.5, 0.6) is 11.5 Å². The SMILES string of the molecule is CC(C)(C)CCNC(=O)CN1CCCC1c1ccc2c(c1)OCCO2. The van der Waals surface area contributed by atoms with Gasteiger partial charge in [-0.25, -0.2) is 0 Å². The van der Waals surface area contributed by atoms with E-state index in [4.69, 9.17) is 9.47 Å². The van der Waals surface area contributed by atoms with Crippen LogP contribution in [0.1, 0.15) is 51.6 Å². The summed E-state index contributed by atoms with van der Waals surface area (Å²) in [4.78, 5) is 14.6. The molecule has 0 spiro atoms. The molecular weight excluding hydrogens is 316 g/mol. The molecule has 0 aromatic heterocycles. The highest BCUT2D eigenvalue weighted by Crippen LogP contribution is 2.37. The first kappa shape index (κ1) is 18.1. The van der Waals surface area contributed by atoms with Crippen LogP contribution in [0.3, 0.4) is 0 Å². The molecule has 0 radical (unpaired) electrons. The smallest absolute Gasteiger partial charge is 0.234 e. The van der Waals surface area contributed by atoms with Gasteiger partial charge in [0, 0.05) is 12.6 Å². The molecule has 1 amide bonds. The summed E-state index contributed by atoms with van der Waals surface area (Å²) < 4.78 is 11.3. The molecule has 0 bridgehead atoms. The predicted octanol–water partition coefficient (Wildman–Crippen LogP) is 3.15. The average Bonchev–Trinajstić information content (AvgIpc) is 3.01. The topological polar surface area (TPSA) is 50.8 Å². The lowest BCUT2D eigenvalue weighted by Gasteiger charge is -2.26. The summed E-state index contributed by atoms with van der Waals surface area (Å²) in [5, 5.41) is 3.06. The van der Waals surface area contributed by atoms with Gasteiger partial charge in [0.1, 0.15) is 13.2 Å². The van der Waals surface area contributed by atoms with Gasteiger partial charge in [-0.15, -0.1) is 0 Å². The number of fused-ring (bicyclic) bond motifs is 1. The number of hydrogen-bond acceptors (Lipinski definition) is 4. The van der Waals surface area contributed by atoms with Gasteiger partial charge in [0.25, 0.3) is 0 Å². The summed E-state index contributed by atoms with van der Waals surface area (Å²) in [6, 6.07) is 6.45. The van der Waals surface area contributed by atoms with E-state index in [1.807, 2.05) is 6.07 Å². The zero-order valence-corrected chi connectivity index (χ0v) is 15.6. The van der Waals surface area contributed by atoms with Crippen LogP contribution in [-0.2, 0) is 4.79 Å². The Balaban J connectivity index is 1.58. The molecule has 1 unspecified atom stereocenters. The van der Waals surface area contributed by atoms with Crippen molar-refractivity contribution in [1.82, 2.24) is 10.2 Å². The lowest BCUT2D eigenvalue weighted by atomic mass is 9.92. The van der Waals surface area contributed by atoms with Crippen molar-refractivity contribution < 1.29 is 14.3 Å². The molecule has 1 aromatic rings. The number of carbonyl (C=O) groups excluding carboxylic acids is 1. The van der Waals surface area contributed by atoms with Crippen LogP contribution >= 0.6 is 0 Å². The molecule has 5 heteroatoms. The average molecular weight is 346 g/mol. The summed E-state index contributed by atoms with van der Waals surface area (Å²) >= 11 is 0. The van der Waals surface area contributed by atoms with E-state index < -0.39 is 0 Å². The zero-order chi connectivity index (χ0) is 17.9. The standard InChI is InChI=1S/C20H30N2O3/c1-20(2,3)8-9-21-19(23)14-22-10-4-5-16(22)15-6-7-17-18(13-15)25-12-11-24-17/h6-7,13,16H,4-5,8-12,14H2,1-3H3,(H,21,23). The summed E-state index contributed by atoms with van der Waals surface area (Å²) in [6.07, 6.45) is 3.19.